The maximum atomic E-state index is 6.14. The second kappa shape index (κ2) is 9.43. The van der Waals surface area contributed by atoms with Gasteiger partial charge in [-0.2, -0.15) is 0 Å². The molecule has 0 aromatic heterocycles. The van der Waals surface area contributed by atoms with Crippen molar-refractivity contribution in [2.24, 2.45) is 0 Å². The summed E-state index contributed by atoms with van der Waals surface area (Å²) < 4.78 is 17.5. The van der Waals surface area contributed by atoms with Gasteiger partial charge in [-0.1, -0.05) is 66.7 Å². The van der Waals surface area contributed by atoms with E-state index in [1.54, 1.807) is 0 Å². The Labute approximate surface area is 166 Å². The van der Waals surface area contributed by atoms with Crippen molar-refractivity contribution in [3.8, 4) is 11.5 Å². The summed E-state index contributed by atoms with van der Waals surface area (Å²) >= 11 is 0. The Morgan fingerprint density at radius 3 is 2.14 bits per heavy atom. The lowest BCUT2D eigenvalue weighted by Gasteiger charge is -2.14. The zero-order valence-corrected chi connectivity index (χ0v) is 16.1. The van der Waals surface area contributed by atoms with Crippen molar-refractivity contribution in [2.75, 3.05) is 13.2 Å². The lowest BCUT2D eigenvalue weighted by atomic mass is 10.1. The predicted molar refractivity (Wildman–Crippen MR) is 111 cm³/mol. The van der Waals surface area contributed by atoms with E-state index >= 15 is 0 Å². The number of benzene rings is 3. The molecule has 3 heteroatoms. The van der Waals surface area contributed by atoms with Crippen LogP contribution in [0.1, 0.15) is 23.1 Å². The molecule has 0 unspecified atom stereocenters. The zero-order valence-electron chi connectivity index (χ0n) is 16.1. The van der Waals surface area contributed by atoms with Crippen LogP contribution in [0, 0.1) is 0 Å². The van der Waals surface area contributed by atoms with Gasteiger partial charge in [-0.25, -0.2) is 0 Å². The molecule has 0 bridgehead atoms. The molecule has 1 aliphatic heterocycles. The molecule has 0 amide bonds. The minimum Gasteiger partial charge on any atom is -0.489 e. The molecular formula is C25H26O3. The third kappa shape index (κ3) is 5.61. The van der Waals surface area contributed by atoms with E-state index in [9.17, 15) is 0 Å². The van der Waals surface area contributed by atoms with Crippen LogP contribution in [0.2, 0.25) is 0 Å². The second-order valence-corrected chi connectivity index (χ2v) is 7.13. The van der Waals surface area contributed by atoms with E-state index in [4.69, 9.17) is 14.2 Å². The number of rotatable bonds is 10. The molecule has 1 saturated heterocycles. The molecule has 4 rings (SSSR count). The van der Waals surface area contributed by atoms with Gasteiger partial charge in [0.2, 0.25) is 0 Å². The quantitative estimate of drug-likeness (QED) is 0.456. The number of epoxide rings is 1. The van der Waals surface area contributed by atoms with Crippen LogP contribution in [0.3, 0.4) is 0 Å². The average Bonchev–Trinajstić information content (AvgIpc) is 3.58. The van der Waals surface area contributed by atoms with Gasteiger partial charge in [0.05, 0.1) is 19.3 Å². The largest absolute Gasteiger partial charge is 0.489 e. The Morgan fingerprint density at radius 1 is 0.714 bits per heavy atom. The second-order valence-electron chi connectivity index (χ2n) is 7.13. The van der Waals surface area contributed by atoms with Gasteiger partial charge in [0.15, 0.2) is 11.5 Å². The number of aryl methyl sites for hydroxylation is 1. The van der Waals surface area contributed by atoms with Crippen LogP contribution < -0.4 is 9.47 Å². The van der Waals surface area contributed by atoms with E-state index in [2.05, 4.69) is 48.5 Å². The molecule has 1 aliphatic rings. The Morgan fingerprint density at radius 2 is 1.43 bits per heavy atom. The Kier molecular flexibility index (Phi) is 6.25. The monoisotopic (exact) mass is 374 g/mol. The minimum atomic E-state index is 0.441. The predicted octanol–water partition coefficient (Wildman–Crippen LogP) is 5.22. The van der Waals surface area contributed by atoms with Crippen molar-refractivity contribution >= 4 is 0 Å². The molecule has 1 fully saturated rings. The van der Waals surface area contributed by atoms with Crippen molar-refractivity contribution in [1.29, 1.82) is 0 Å². The smallest absolute Gasteiger partial charge is 0.161 e. The van der Waals surface area contributed by atoms with Crippen LogP contribution in [-0.4, -0.2) is 19.3 Å². The first-order valence-electron chi connectivity index (χ1n) is 9.95. The highest BCUT2D eigenvalue weighted by Gasteiger charge is 2.21. The Bertz CT molecular complexity index is 857. The van der Waals surface area contributed by atoms with Gasteiger partial charge < -0.3 is 14.2 Å². The first kappa shape index (κ1) is 18.6. The molecule has 1 atom stereocenters. The van der Waals surface area contributed by atoms with Gasteiger partial charge in [0.25, 0.3) is 0 Å². The van der Waals surface area contributed by atoms with E-state index < -0.39 is 0 Å². The van der Waals surface area contributed by atoms with Gasteiger partial charge in [-0.15, -0.1) is 0 Å². The van der Waals surface area contributed by atoms with Gasteiger partial charge in [0.1, 0.15) is 6.61 Å². The highest BCUT2D eigenvalue weighted by molar-refractivity contribution is 5.43. The van der Waals surface area contributed by atoms with Gasteiger partial charge in [0, 0.05) is 6.42 Å². The molecule has 0 saturated carbocycles. The molecule has 3 nitrogen and oxygen atoms in total. The lowest BCUT2D eigenvalue weighted by molar-refractivity contribution is 0.263. The lowest BCUT2D eigenvalue weighted by Crippen LogP contribution is -2.05. The molecule has 0 aliphatic carbocycles. The van der Waals surface area contributed by atoms with Crippen molar-refractivity contribution in [2.45, 2.75) is 32.0 Å². The van der Waals surface area contributed by atoms with Crippen molar-refractivity contribution in [3.05, 3.63) is 95.6 Å². The van der Waals surface area contributed by atoms with Crippen LogP contribution in [-0.2, 0) is 24.2 Å². The van der Waals surface area contributed by atoms with Gasteiger partial charge >= 0.3 is 0 Å². The van der Waals surface area contributed by atoms with E-state index in [0.29, 0.717) is 19.3 Å². The Balaban J connectivity index is 1.41. The SMILES string of the molecule is c1ccc(CCOc2cc(CC[C@H]3CO3)ccc2OCc2ccccc2)cc1. The van der Waals surface area contributed by atoms with Crippen molar-refractivity contribution in [1.82, 2.24) is 0 Å². The van der Waals surface area contributed by atoms with Crippen LogP contribution in [0.15, 0.2) is 78.9 Å². The molecule has 0 radical (unpaired) electrons. The molecule has 1 heterocycles. The summed E-state index contributed by atoms with van der Waals surface area (Å²) in [7, 11) is 0. The fraction of sp³-hybridized carbons (Fsp3) is 0.280. The molecule has 28 heavy (non-hydrogen) atoms. The number of hydrogen-bond acceptors (Lipinski definition) is 3. The van der Waals surface area contributed by atoms with E-state index in [0.717, 1.165) is 42.9 Å². The average molecular weight is 374 g/mol. The topological polar surface area (TPSA) is 31.0 Å². The molecular weight excluding hydrogens is 348 g/mol. The van der Waals surface area contributed by atoms with E-state index in [1.807, 2.05) is 30.3 Å². The fourth-order valence-electron chi connectivity index (χ4n) is 3.16. The van der Waals surface area contributed by atoms with Crippen LogP contribution in [0.25, 0.3) is 0 Å². The zero-order chi connectivity index (χ0) is 19.0. The highest BCUT2D eigenvalue weighted by Crippen LogP contribution is 2.30. The molecule has 0 N–H and O–H groups in total. The van der Waals surface area contributed by atoms with Crippen LogP contribution >= 0.6 is 0 Å². The summed E-state index contributed by atoms with van der Waals surface area (Å²) in [6, 6.07) is 26.9. The summed E-state index contributed by atoms with van der Waals surface area (Å²) in [4.78, 5) is 0. The van der Waals surface area contributed by atoms with E-state index in [-0.39, 0.29) is 0 Å². The Hall–Kier alpha value is -2.78. The van der Waals surface area contributed by atoms with Crippen LogP contribution in [0.5, 0.6) is 11.5 Å². The standard InChI is InChI=1S/C25H26O3/c1-3-7-20(8-4-1)15-16-26-25-17-21(11-13-23-19-27-23)12-14-24(25)28-18-22-9-5-2-6-10-22/h1-10,12,14,17,23H,11,13,15-16,18-19H2/t23-/m0/s1. The summed E-state index contributed by atoms with van der Waals surface area (Å²) in [6.45, 7) is 2.06. The normalized spacial score (nSPS) is 15.2. The minimum absolute atomic E-state index is 0.441. The summed E-state index contributed by atoms with van der Waals surface area (Å²) in [6.07, 6.45) is 3.38. The number of ether oxygens (including phenoxy) is 3. The summed E-state index contributed by atoms with van der Waals surface area (Å²) in [5.74, 6) is 1.62. The molecule has 3 aromatic carbocycles. The molecule has 0 spiro atoms. The van der Waals surface area contributed by atoms with E-state index in [1.165, 1.54) is 11.1 Å². The van der Waals surface area contributed by atoms with Gasteiger partial charge in [-0.3, -0.25) is 0 Å². The number of hydrogen-bond donors (Lipinski definition) is 0. The third-order valence-electron chi connectivity index (χ3n) is 4.89. The van der Waals surface area contributed by atoms with Gasteiger partial charge in [-0.05, 0) is 41.7 Å². The summed E-state index contributed by atoms with van der Waals surface area (Å²) in [5, 5.41) is 0. The van der Waals surface area contributed by atoms with Crippen molar-refractivity contribution < 1.29 is 14.2 Å². The maximum Gasteiger partial charge on any atom is 0.161 e. The fourth-order valence-corrected chi connectivity index (χ4v) is 3.16. The summed E-state index contributed by atoms with van der Waals surface area (Å²) in [5.41, 5.74) is 3.68. The molecule has 3 aromatic rings. The first-order valence-corrected chi connectivity index (χ1v) is 9.95. The maximum absolute atomic E-state index is 6.14. The third-order valence-corrected chi connectivity index (χ3v) is 4.89. The van der Waals surface area contributed by atoms with Crippen molar-refractivity contribution in [3.63, 3.8) is 0 Å². The molecule has 144 valence electrons. The highest BCUT2D eigenvalue weighted by atomic mass is 16.6. The van der Waals surface area contributed by atoms with Crippen LogP contribution in [0.4, 0.5) is 0 Å². The first-order chi connectivity index (χ1) is 13.9.